The zero-order valence-corrected chi connectivity index (χ0v) is 10.0. The Labute approximate surface area is 96.1 Å². The molecular weight excluding hydrogens is 205 g/mol. The molecule has 16 heavy (non-hydrogen) atoms. The molecule has 0 amide bonds. The number of carbonyl (C=O) groups is 1. The highest BCUT2D eigenvalue weighted by Crippen LogP contribution is 2.18. The first-order valence-corrected chi connectivity index (χ1v) is 5.65. The molecule has 0 radical (unpaired) electrons. The number of likely N-dealkylation sites (N-methyl/N-ethyl adjacent to an activating group) is 1. The monoisotopic (exact) mass is 223 g/mol. The minimum absolute atomic E-state index is 0.152. The van der Waals surface area contributed by atoms with Gasteiger partial charge in [-0.1, -0.05) is 6.92 Å². The van der Waals surface area contributed by atoms with Gasteiger partial charge in [-0.15, -0.1) is 0 Å². The molecule has 0 aliphatic heterocycles. The van der Waals surface area contributed by atoms with E-state index in [0.717, 1.165) is 12.2 Å². The maximum absolute atomic E-state index is 12.8. The van der Waals surface area contributed by atoms with Gasteiger partial charge in [0.2, 0.25) is 0 Å². The molecule has 0 heterocycles. The van der Waals surface area contributed by atoms with Gasteiger partial charge in [0.1, 0.15) is 5.82 Å². The molecule has 0 spiro atoms. The van der Waals surface area contributed by atoms with Crippen LogP contribution in [0.5, 0.6) is 0 Å². The Balaban J connectivity index is 2.89. The lowest BCUT2D eigenvalue weighted by molar-refractivity contribution is -0.119. The van der Waals surface area contributed by atoms with Gasteiger partial charge in [-0.2, -0.15) is 0 Å². The van der Waals surface area contributed by atoms with E-state index in [2.05, 4.69) is 0 Å². The van der Waals surface area contributed by atoms with Crippen LogP contribution >= 0.6 is 0 Å². The molecule has 1 atom stereocenters. The molecule has 1 aromatic carbocycles. The molecule has 0 saturated heterocycles. The number of nitrogens with zero attached hydrogens (tertiary/aromatic N) is 1. The van der Waals surface area contributed by atoms with Crippen molar-refractivity contribution >= 4 is 11.5 Å². The molecule has 3 heteroatoms. The van der Waals surface area contributed by atoms with E-state index < -0.39 is 0 Å². The lowest BCUT2D eigenvalue weighted by Crippen LogP contribution is -2.38. The molecule has 1 unspecified atom stereocenters. The second kappa shape index (κ2) is 5.64. The van der Waals surface area contributed by atoms with Gasteiger partial charge in [0, 0.05) is 18.7 Å². The summed E-state index contributed by atoms with van der Waals surface area (Å²) in [6.07, 6.45) is 0.527. The molecule has 0 aliphatic rings. The van der Waals surface area contributed by atoms with Gasteiger partial charge in [0.05, 0.1) is 6.04 Å². The van der Waals surface area contributed by atoms with Crippen molar-refractivity contribution in [1.29, 1.82) is 0 Å². The molecule has 88 valence electrons. The van der Waals surface area contributed by atoms with Crippen LogP contribution < -0.4 is 4.90 Å². The summed E-state index contributed by atoms with van der Waals surface area (Å²) in [5, 5.41) is 0. The van der Waals surface area contributed by atoms with Gasteiger partial charge >= 0.3 is 0 Å². The summed E-state index contributed by atoms with van der Waals surface area (Å²) in [5.74, 6) is -0.0551. The molecule has 0 aliphatic carbocycles. The van der Waals surface area contributed by atoms with E-state index in [-0.39, 0.29) is 17.6 Å². The Morgan fingerprint density at radius 1 is 1.31 bits per heavy atom. The fraction of sp³-hybridized carbons (Fsp3) is 0.462. The Bertz CT molecular complexity index is 347. The van der Waals surface area contributed by atoms with Crippen LogP contribution in [0.1, 0.15) is 27.2 Å². The summed E-state index contributed by atoms with van der Waals surface area (Å²) >= 11 is 0. The fourth-order valence-corrected chi connectivity index (χ4v) is 1.78. The first kappa shape index (κ1) is 12.7. The quantitative estimate of drug-likeness (QED) is 0.764. The molecule has 0 N–H and O–H groups in total. The van der Waals surface area contributed by atoms with Crippen molar-refractivity contribution in [3.05, 3.63) is 30.1 Å². The number of rotatable bonds is 5. The van der Waals surface area contributed by atoms with Crippen LogP contribution in [0.3, 0.4) is 0 Å². The van der Waals surface area contributed by atoms with Crippen LogP contribution in [-0.4, -0.2) is 18.4 Å². The summed E-state index contributed by atoms with van der Waals surface area (Å²) in [5.41, 5.74) is 0.887. The molecular formula is C13H18FNO. The Kier molecular flexibility index (Phi) is 4.47. The molecule has 2 nitrogen and oxygen atoms in total. The topological polar surface area (TPSA) is 20.3 Å². The fourth-order valence-electron chi connectivity index (χ4n) is 1.78. The molecule has 1 rings (SSSR count). The zero-order valence-electron chi connectivity index (χ0n) is 10.0. The Morgan fingerprint density at radius 2 is 1.88 bits per heavy atom. The third-order valence-electron chi connectivity index (χ3n) is 2.78. The van der Waals surface area contributed by atoms with Crippen molar-refractivity contribution in [2.75, 3.05) is 11.4 Å². The van der Waals surface area contributed by atoms with Gasteiger partial charge in [-0.25, -0.2) is 4.39 Å². The minimum atomic E-state index is -0.255. The summed E-state index contributed by atoms with van der Waals surface area (Å²) in [4.78, 5) is 13.6. The normalized spacial score (nSPS) is 12.2. The van der Waals surface area contributed by atoms with E-state index in [0.29, 0.717) is 6.42 Å². The second-order valence-corrected chi connectivity index (χ2v) is 3.76. The minimum Gasteiger partial charge on any atom is -0.362 e. The highest BCUT2D eigenvalue weighted by Gasteiger charge is 2.18. The van der Waals surface area contributed by atoms with Gasteiger partial charge in [-0.05, 0) is 38.1 Å². The van der Waals surface area contributed by atoms with Crippen molar-refractivity contribution in [3.8, 4) is 0 Å². The van der Waals surface area contributed by atoms with E-state index in [1.165, 1.54) is 12.1 Å². The summed E-state index contributed by atoms with van der Waals surface area (Å²) < 4.78 is 12.8. The number of Topliss-reactive ketones (excluding diaryl/α,β-unsaturated/α-hetero) is 1. The highest BCUT2D eigenvalue weighted by molar-refractivity contribution is 5.86. The van der Waals surface area contributed by atoms with E-state index in [9.17, 15) is 9.18 Å². The van der Waals surface area contributed by atoms with Crippen LogP contribution in [0.4, 0.5) is 10.1 Å². The van der Waals surface area contributed by atoms with E-state index in [1.54, 1.807) is 12.1 Å². The van der Waals surface area contributed by atoms with Gasteiger partial charge in [-0.3, -0.25) is 4.79 Å². The van der Waals surface area contributed by atoms with Crippen LogP contribution in [0, 0.1) is 5.82 Å². The maximum Gasteiger partial charge on any atom is 0.154 e. The standard InChI is InChI=1S/C13H18FNO/c1-4-13(16)10(3)15(5-2)12-8-6-11(14)7-9-12/h6-10H,4-5H2,1-3H3. The summed E-state index contributed by atoms with van der Waals surface area (Å²) in [7, 11) is 0. The van der Waals surface area contributed by atoms with Crippen molar-refractivity contribution in [3.63, 3.8) is 0 Å². The number of benzene rings is 1. The third kappa shape index (κ3) is 2.81. The largest absolute Gasteiger partial charge is 0.362 e. The lowest BCUT2D eigenvalue weighted by Gasteiger charge is -2.29. The van der Waals surface area contributed by atoms with Gasteiger partial charge in [0.25, 0.3) is 0 Å². The molecule has 0 aromatic heterocycles. The van der Waals surface area contributed by atoms with Crippen molar-refractivity contribution < 1.29 is 9.18 Å². The predicted octanol–water partition coefficient (Wildman–Crippen LogP) is 3.02. The van der Waals surface area contributed by atoms with Crippen molar-refractivity contribution in [2.45, 2.75) is 33.2 Å². The Hall–Kier alpha value is -1.38. The van der Waals surface area contributed by atoms with Gasteiger partial charge < -0.3 is 4.90 Å². The smallest absolute Gasteiger partial charge is 0.154 e. The van der Waals surface area contributed by atoms with E-state index >= 15 is 0 Å². The number of hydrogen-bond donors (Lipinski definition) is 0. The molecule has 0 fully saturated rings. The van der Waals surface area contributed by atoms with E-state index in [1.807, 2.05) is 25.7 Å². The van der Waals surface area contributed by atoms with E-state index in [4.69, 9.17) is 0 Å². The number of anilines is 1. The van der Waals surface area contributed by atoms with Crippen molar-refractivity contribution in [2.24, 2.45) is 0 Å². The maximum atomic E-state index is 12.8. The van der Waals surface area contributed by atoms with Crippen LogP contribution in [0.15, 0.2) is 24.3 Å². The van der Waals surface area contributed by atoms with Crippen molar-refractivity contribution in [1.82, 2.24) is 0 Å². The van der Waals surface area contributed by atoms with Gasteiger partial charge in [0.15, 0.2) is 5.78 Å². The Morgan fingerprint density at radius 3 is 2.31 bits per heavy atom. The summed E-state index contributed by atoms with van der Waals surface area (Å²) in [6.45, 7) is 6.47. The SMILES string of the molecule is CCC(=O)C(C)N(CC)c1ccc(F)cc1. The summed E-state index contributed by atoms with van der Waals surface area (Å²) in [6, 6.07) is 6.10. The predicted molar refractivity (Wildman–Crippen MR) is 64.2 cm³/mol. The first-order chi connectivity index (χ1) is 7.60. The number of halogens is 1. The average molecular weight is 223 g/mol. The number of hydrogen-bond acceptors (Lipinski definition) is 2. The first-order valence-electron chi connectivity index (χ1n) is 5.65. The van der Waals surface area contributed by atoms with Crippen LogP contribution in [-0.2, 0) is 4.79 Å². The average Bonchev–Trinajstić information content (AvgIpc) is 2.31. The molecule has 0 saturated carbocycles. The highest BCUT2D eigenvalue weighted by atomic mass is 19.1. The molecule has 1 aromatic rings. The number of ketones is 1. The zero-order chi connectivity index (χ0) is 12.1. The second-order valence-electron chi connectivity index (χ2n) is 3.76. The van der Waals surface area contributed by atoms with Crippen LogP contribution in [0.25, 0.3) is 0 Å². The van der Waals surface area contributed by atoms with Crippen LogP contribution in [0.2, 0.25) is 0 Å². The number of carbonyl (C=O) groups excluding carboxylic acids is 1. The lowest BCUT2D eigenvalue weighted by atomic mass is 10.1. The molecule has 0 bridgehead atoms. The third-order valence-corrected chi connectivity index (χ3v) is 2.78.